The Morgan fingerprint density at radius 1 is 1.29 bits per heavy atom. The van der Waals surface area contributed by atoms with E-state index in [1.54, 1.807) is 0 Å². The summed E-state index contributed by atoms with van der Waals surface area (Å²) in [4.78, 5) is 3.57. The molecule has 0 fully saturated rings. The summed E-state index contributed by atoms with van der Waals surface area (Å²) in [6, 6.07) is 1.68. The van der Waals surface area contributed by atoms with Gasteiger partial charge in [-0.25, -0.2) is 14.1 Å². The van der Waals surface area contributed by atoms with Gasteiger partial charge in [0.1, 0.15) is 0 Å². The van der Waals surface area contributed by atoms with Gasteiger partial charge in [-0.15, -0.1) is 0 Å². The summed E-state index contributed by atoms with van der Waals surface area (Å²) >= 11 is 5.47. The zero-order chi connectivity index (χ0) is 12.6. The summed E-state index contributed by atoms with van der Waals surface area (Å²) in [5, 5.41) is 3.24. The van der Waals surface area contributed by atoms with Gasteiger partial charge in [-0.05, 0) is 12.1 Å². The molecule has 0 N–H and O–H groups in total. The minimum absolute atomic E-state index is 0.0504. The highest BCUT2D eigenvalue weighted by Gasteiger charge is 2.33. The number of halogens is 5. The molecule has 0 aromatic carbocycles. The van der Waals surface area contributed by atoms with Crippen LogP contribution in [0.5, 0.6) is 0 Å². The van der Waals surface area contributed by atoms with E-state index < -0.39 is 17.7 Å². The second-order valence-electron chi connectivity index (χ2n) is 3.10. The number of alkyl halides is 3. The van der Waals surface area contributed by atoms with Crippen LogP contribution in [0.1, 0.15) is 5.69 Å². The smallest absolute Gasteiger partial charge is 0.233 e. The summed E-state index contributed by atoms with van der Waals surface area (Å²) in [6.45, 7) is 0. The van der Waals surface area contributed by atoms with Crippen LogP contribution in [0.25, 0.3) is 5.82 Å². The van der Waals surface area contributed by atoms with Gasteiger partial charge < -0.3 is 0 Å². The Hall–Kier alpha value is -1.63. The first-order valence-corrected chi connectivity index (χ1v) is 4.70. The van der Waals surface area contributed by atoms with Gasteiger partial charge in [-0.3, -0.25) is 0 Å². The molecule has 0 radical (unpaired) electrons. The molecule has 0 saturated heterocycles. The molecule has 2 aromatic heterocycles. The van der Waals surface area contributed by atoms with Crippen LogP contribution in [0, 0.1) is 5.82 Å². The molecule has 8 heteroatoms. The van der Waals surface area contributed by atoms with Crippen molar-refractivity contribution in [1.29, 1.82) is 0 Å². The third-order valence-corrected chi connectivity index (χ3v) is 2.09. The molecule has 2 aromatic rings. The molecular weight excluding hydrogens is 262 g/mol. The Kier molecular flexibility index (Phi) is 2.78. The van der Waals surface area contributed by atoms with Crippen molar-refractivity contribution in [2.75, 3.05) is 0 Å². The Labute approximate surface area is 97.6 Å². The topological polar surface area (TPSA) is 30.7 Å². The molecule has 3 nitrogen and oxygen atoms in total. The van der Waals surface area contributed by atoms with Gasteiger partial charge in [0.05, 0.1) is 5.02 Å². The van der Waals surface area contributed by atoms with Crippen LogP contribution in [-0.4, -0.2) is 14.8 Å². The van der Waals surface area contributed by atoms with E-state index in [2.05, 4.69) is 10.1 Å². The summed E-state index contributed by atoms with van der Waals surface area (Å²) in [5.74, 6) is -1.20. The second kappa shape index (κ2) is 3.99. The van der Waals surface area contributed by atoms with Crippen molar-refractivity contribution in [2.24, 2.45) is 0 Å². The van der Waals surface area contributed by atoms with E-state index in [4.69, 9.17) is 11.6 Å². The minimum atomic E-state index is -4.58. The largest absolute Gasteiger partial charge is 0.435 e. The molecule has 0 atom stereocenters. The monoisotopic (exact) mass is 265 g/mol. The van der Waals surface area contributed by atoms with E-state index >= 15 is 0 Å². The standard InChI is InChI=1S/C9H4ClF4N3/c10-5-3-6(11)8(15-4-5)17-2-1-7(16-17)9(12,13)14/h1-4H. The van der Waals surface area contributed by atoms with Crippen LogP contribution in [0.3, 0.4) is 0 Å². The van der Waals surface area contributed by atoms with E-state index in [9.17, 15) is 17.6 Å². The van der Waals surface area contributed by atoms with Crippen molar-refractivity contribution in [2.45, 2.75) is 6.18 Å². The number of pyridine rings is 1. The second-order valence-corrected chi connectivity index (χ2v) is 3.54. The van der Waals surface area contributed by atoms with Gasteiger partial charge in [-0.2, -0.15) is 18.3 Å². The number of hydrogen-bond donors (Lipinski definition) is 0. The first-order valence-electron chi connectivity index (χ1n) is 4.32. The number of rotatable bonds is 1. The quantitative estimate of drug-likeness (QED) is 0.742. The lowest BCUT2D eigenvalue weighted by Crippen LogP contribution is -2.08. The van der Waals surface area contributed by atoms with E-state index in [1.807, 2.05) is 0 Å². The van der Waals surface area contributed by atoms with E-state index in [-0.39, 0.29) is 10.8 Å². The third-order valence-electron chi connectivity index (χ3n) is 1.88. The summed E-state index contributed by atoms with van der Waals surface area (Å²) < 4.78 is 50.9. The predicted molar refractivity (Wildman–Crippen MR) is 51.3 cm³/mol. The van der Waals surface area contributed by atoms with Gasteiger partial charge in [0, 0.05) is 12.4 Å². The van der Waals surface area contributed by atoms with Crippen LogP contribution in [0.4, 0.5) is 17.6 Å². The number of hydrogen-bond acceptors (Lipinski definition) is 2. The molecule has 0 aliphatic heterocycles. The molecule has 0 unspecified atom stereocenters. The van der Waals surface area contributed by atoms with Crippen LogP contribution in [0.2, 0.25) is 5.02 Å². The fourth-order valence-corrected chi connectivity index (χ4v) is 1.31. The zero-order valence-electron chi connectivity index (χ0n) is 8.04. The molecule has 2 rings (SSSR count). The molecule has 0 saturated carbocycles. The van der Waals surface area contributed by atoms with Crippen LogP contribution < -0.4 is 0 Å². The Bertz CT molecular complexity index is 549. The number of nitrogens with zero attached hydrogens (tertiary/aromatic N) is 3. The summed E-state index contributed by atoms with van der Waals surface area (Å²) in [5.41, 5.74) is -1.12. The molecular formula is C9H4ClF4N3. The predicted octanol–water partition coefficient (Wildman–Crippen LogP) is 3.08. The first-order chi connectivity index (χ1) is 7.88. The van der Waals surface area contributed by atoms with Crippen molar-refractivity contribution in [3.05, 3.63) is 41.1 Å². The lowest BCUT2D eigenvalue weighted by Gasteiger charge is -2.03. The lowest BCUT2D eigenvalue weighted by molar-refractivity contribution is -0.141. The fraction of sp³-hybridized carbons (Fsp3) is 0.111. The Morgan fingerprint density at radius 2 is 2.00 bits per heavy atom. The van der Waals surface area contributed by atoms with Gasteiger partial charge in [0.25, 0.3) is 0 Å². The highest BCUT2D eigenvalue weighted by atomic mass is 35.5. The van der Waals surface area contributed by atoms with Crippen molar-refractivity contribution in [1.82, 2.24) is 14.8 Å². The maximum Gasteiger partial charge on any atom is 0.435 e. The molecule has 0 amide bonds. The maximum atomic E-state index is 13.4. The van der Waals surface area contributed by atoms with Crippen LogP contribution in [-0.2, 0) is 6.18 Å². The van der Waals surface area contributed by atoms with E-state index in [0.29, 0.717) is 4.68 Å². The van der Waals surface area contributed by atoms with Gasteiger partial charge in [0.2, 0.25) is 0 Å². The highest BCUT2D eigenvalue weighted by molar-refractivity contribution is 6.30. The van der Waals surface area contributed by atoms with Gasteiger partial charge >= 0.3 is 6.18 Å². The summed E-state index contributed by atoms with van der Waals surface area (Å²) in [6.07, 6.45) is -2.48. The number of aromatic nitrogens is 3. The van der Waals surface area contributed by atoms with Crippen LogP contribution in [0.15, 0.2) is 24.5 Å². The van der Waals surface area contributed by atoms with Crippen LogP contribution >= 0.6 is 11.6 Å². The first kappa shape index (κ1) is 11.8. The van der Waals surface area contributed by atoms with E-state index in [1.165, 1.54) is 0 Å². The molecule has 0 aliphatic rings. The van der Waals surface area contributed by atoms with Crippen molar-refractivity contribution >= 4 is 11.6 Å². The van der Waals surface area contributed by atoms with Gasteiger partial charge in [0.15, 0.2) is 17.3 Å². The average Bonchev–Trinajstić information content (AvgIpc) is 2.65. The maximum absolute atomic E-state index is 13.4. The summed E-state index contributed by atoms with van der Waals surface area (Å²) in [7, 11) is 0. The molecule has 17 heavy (non-hydrogen) atoms. The van der Waals surface area contributed by atoms with Crippen molar-refractivity contribution < 1.29 is 17.6 Å². The fourth-order valence-electron chi connectivity index (χ4n) is 1.17. The Balaban J connectivity index is 2.44. The highest BCUT2D eigenvalue weighted by Crippen LogP contribution is 2.28. The normalized spacial score (nSPS) is 11.8. The van der Waals surface area contributed by atoms with E-state index in [0.717, 1.165) is 24.5 Å². The van der Waals surface area contributed by atoms with Gasteiger partial charge in [-0.1, -0.05) is 11.6 Å². The average molecular weight is 266 g/mol. The molecule has 0 aliphatic carbocycles. The minimum Gasteiger partial charge on any atom is -0.233 e. The van der Waals surface area contributed by atoms with Crippen molar-refractivity contribution in [3.63, 3.8) is 0 Å². The Morgan fingerprint density at radius 3 is 2.53 bits per heavy atom. The zero-order valence-corrected chi connectivity index (χ0v) is 8.80. The lowest BCUT2D eigenvalue weighted by atomic mass is 10.4. The van der Waals surface area contributed by atoms with Crippen molar-refractivity contribution in [3.8, 4) is 5.82 Å². The molecule has 2 heterocycles. The SMILES string of the molecule is Fc1cc(Cl)cnc1-n1ccc(C(F)(F)F)n1. The molecule has 0 spiro atoms. The molecule has 90 valence electrons. The molecule has 0 bridgehead atoms. The third kappa shape index (κ3) is 2.38.